The van der Waals surface area contributed by atoms with Gasteiger partial charge >= 0.3 is 12.0 Å². The van der Waals surface area contributed by atoms with Crippen LogP contribution in [0.2, 0.25) is 0 Å². The van der Waals surface area contributed by atoms with E-state index < -0.39 is 24.0 Å². The molecule has 144 valence electrons. The van der Waals surface area contributed by atoms with Crippen molar-refractivity contribution in [3.05, 3.63) is 23.8 Å². The van der Waals surface area contributed by atoms with Crippen molar-refractivity contribution in [3.8, 4) is 5.75 Å². The lowest BCUT2D eigenvalue weighted by Gasteiger charge is -2.18. The molecule has 0 aromatic heterocycles. The Labute approximate surface area is 155 Å². The van der Waals surface area contributed by atoms with Crippen molar-refractivity contribution < 1.29 is 28.7 Å². The number of rotatable bonds is 6. The highest BCUT2D eigenvalue weighted by Crippen LogP contribution is 2.26. The van der Waals surface area contributed by atoms with E-state index in [0.717, 1.165) is 24.1 Å². The monoisotopic (exact) mass is 375 g/mol. The van der Waals surface area contributed by atoms with Crippen LogP contribution >= 0.6 is 0 Å². The number of amides is 4. The molecule has 1 heterocycles. The van der Waals surface area contributed by atoms with Crippen molar-refractivity contribution in [2.75, 3.05) is 11.9 Å². The number of fused-ring (bicyclic) bond motifs is 1. The molecule has 1 aliphatic carbocycles. The van der Waals surface area contributed by atoms with Crippen LogP contribution in [0.25, 0.3) is 0 Å². The van der Waals surface area contributed by atoms with Gasteiger partial charge in [-0.15, -0.1) is 0 Å². The number of carbonyl (C=O) groups is 4. The zero-order chi connectivity index (χ0) is 19.4. The fraction of sp³-hybridized carbons (Fsp3) is 0.444. The van der Waals surface area contributed by atoms with E-state index in [2.05, 4.69) is 16.0 Å². The number of hydrogen-bond acceptors (Lipinski definition) is 6. The Morgan fingerprint density at radius 2 is 2.04 bits per heavy atom. The van der Waals surface area contributed by atoms with Crippen molar-refractivity contribution in [3.63, 3.8) is 0 Å². The Balaban J connectivity index is 1.42. The topological polar surface area (TPSA) is 123 Å². The predicted molar refractivity (Wildman–Crippen MR) is 94.1 cm³/mol. The van der Waals surface area contributed by atoms with Crippen molar-refractivity contribution in [2.24, 2.45) is 0 Å². The van der Waals surface area contributed by atoms with Gasteiger partial charge in [-0.05, 0) is 49.9 Å². The molecule has 1 fully saturated rings. The van der Waals surface area contributed by atoms with Gasteiger partial charge in [0.05, 0.1) is 0 Å². The molecule has 3 rings (SSSR count). The minimum Gasteiger partial charge on any atom is -0.482 e. The van der Waals surface area contributed by atoms with Crippen LogP contribution in [0, 0.1) is 0 Å². The molecule has 1 aliphatic heterocycles. The van der Waals surface area contributed by atoms with Gasteiger partial charge in [0.1, 0.15) is 5.75 Å². The summed E-state index contributed by atoms with van der Waals surface area (Å²) < 4.78 is 10.4. The second-order valence-corrected chi connectivity index (χ2v) is 6.52. The van der Waals surface area contributed by atoms with Crippen molar-refractivity contribution in [2.45, 2.75) is 44.8 Å². The number of carbonyl (C=O) groups excluding carboxylic acids is 4. The van der Waals surface area contributed by atoms with E-state index >= 15 is 0 Å². The van der Waals surface area contributed by atoms with E-state index in [9.17, 15) is 19.2 Å². The highest BCUT2D eigenvalue weighted by molar-refractivity contribution is 5.97. The molecule has 3 N–H and O–H groups in total. The minimum absolute atomic E-state index is 0.0298. The molecule has 1 aromatic rings. The van der Waals surface area contributed by atoms with Gasteiger partial charge in [0, 0.05) is 18.2 Å². The quantitative estimate of drug-likeness (QED) is 0.634. The fourth-order valence-corrected chi connectivity index (χ4v) is 2.54. The smallest absolute Gasteiger partial charge is 0.344 e. The van der Waals surface area contributed by atoms with Crippen LogP contribution in [0.3, 0.4) is 0 Å². The maximum absolute atomic E-state index is 11.9. The number of urea groups is 1. The highest BCUT2D eigenvalue weighted by Gasteiger charge is 2.26. The summed E-state index contributed by atoms with van der Waals surface area (Å²) in [4.78, 5) is 46.5. The molecular weight excluding hydrogens is 354 g/mol. The predicted octanol–water partition coefficient (Wildman–Crippen LogP) is 0.870. The second kappa shape index (κ2) is 8.07. The Hall–Kier alpha value is -3.10. The first kappa shape index (κ1) is 18.7. The third kappa shape index (κ3) is 5.44. The number of nitrogens with one attached hydrogen (secondary N) is 3. The number of esters is 1. The lowest BCUT2D eigenvalue weighted by molar-refractivity contribution is -0.156. The van der Waals surface area contributed by atoms with Crippen LogP contribution in [0.5, 0.6) is 5.75 Å². The van der Waals surface area contributed by atoms with Crippen LogP contribution in [-0.4, -0.2) is 42.6 Å². The number of aryl methyl sites for hydroxylation is 1. The summed E-state index contributed by atoms with van der Waals surface area (Å²) in [5.74, 6) is -1.00. The summed E-state index contributed by atoms with van der Waals surface area (Å²) in [6.45, 7) is 0.996. The number of imide groups is 1. The zero-order valence-electron chi connectivity index (χ0n) is 14.9. The summed E-state index contributed by atoms with van der Waals surface area (Å²) in [7, 11) is 0. The molecule has 0 unspecified atom stereocenters. The molecule has 4 amide bonds. The summed E-state index contributed by atoms with van der Waals surface area (Å²) in [6, 6.07) is 4.62. The molecule has 0 radical (unpaired) electrons. The van der Waals surface area contributed by atoms with Gasteiger partial charge in [-0.2, -0.15) is 0 Å². The summed E-state index contributed by atoms with van der Waals surface area (Å²) in [5.41, 5.74) is 1.66. The number of hydrogen-bond donors (Lipinski definition) is 3. The SMILES string of the molecule is C[C@@H](OC(=O)COc1ccc2c(c1)CCC(=O)N2)C(=O)NC(=O)NC1CC1. The molecule has 0 saturated heterocycles. The third-order valence-corrected chi connectivity index (χ3v) is 4.16. The Morgan fingerprint density at radius 3 is 2.78 bits per heavy atom. The van der Waals surface area contributed by atoms with Crippen LogP contribution in [-0.2, 0) is 25.5 Å². The van der Waals surface area contributed by atoms with E-state index in [1.54, 1.807) is 18.2 Å². The van der Waals surface area contributed by atoms with E-state index in [-0.39, 0.29) is 18.6 Å². The lowest BCUT2D eigenvalue weighted by Crippen LogP contribution is -2.45. The van der Waals surface area contributed by atoms with E-state index in [1.165, 1.54) is 6.92 Å². The normalized spacial score (nSPS) is 16.4. The Bertz CT molecular complexity index is 774. The summed E-state index contributed by atoms with van der Waals surface area (Å²) in [5, 5.41) is 7.49. The molecule has 0 spiro atoms. The Morgan fingerprint density at radius 1 is 1.26 bits per heavy atom. The van der Waals surface area contributed by atoms with Gasteiger partial charge in [-0.1, -0.05) is 0 Å². The maximum Gasteiger partial charge on any atom is 0.344 e. The van der Waals surface area contributed by atoms with Crippen LogP contribution < -0.4 is 20.7 Å². The van der Waals surface area contributed by atoms with E-state index in [0.29, 0.717) is 18.6 Å². The summed E-state index contributed by atoms with van der Waals surface area (Å²) in [6.07, 6.45) is 1.68. The fourth-order valence-electron chi connectivity index (χ4n) is 2.54. The van der Waals surface area contributed by atoms with Crippen LogP contribution in [0.1, 0.15) is 31.7 Å². The molecule has 0 bridgehead atoms. The van der Waals surface area contributed by atoms with Gasteiger partial charge in [0.25, 0.3) is 5.91 Å². The van der Waals surface area contributed by atoms with Crippen LogP contribution in [0.4, 0.5) is 10.5 Å². The average Bonchev–Trinajstić information content (AvgIpc) is 3.43. The maximum atomic E-state index is 11.9. The zero-order valence-corrected chi connectivity index (χ0v) is 14.9. The molecule has 9 heteroatoms. The third-order valence-electron chi connectivity index (χ3n) is 4.16. The molecular formula is C18H21N3O6. The molecule has 9 nitrogen and oxygen atoms in total. The second-order valence-electron chi connectivity index (χ2n) is 6.52. The number of ether oxygens (including phenoxy) is 2. The highest BCUT2D eigenvalue weighted by atomic mass is 16.6. The van der Waals surface area contributed by atoms with E-state index in [4.69, 9.17) is 9.47 Å². The van der Waals surface area contributed by atoms with Crippen molar-refractivity contribution in [1.29, 1.82) is 0 Å². The van der Waals surface area contributed by atoms with Gasteiger partial charge < -0.3 is 20.1 Å². The van der Waals surface area contributed by atoms with Crippen molar-refractivity contribution >= 4 is 29.5 Å². The molecule has 1 aromatic carbocycles. The van der Waals surface area contributed by atoms with Gasteiger partial charge in [-0.3, -0.25) is 14.9 Å². The first-order valence-electron chi connectivity index (χ1n) is 8.77. The van der Waals surface area contributed by atoms with Gasteiger partial charge in [-0.25, -0.2) is 9.59 Å². The van der Waals surface area contributed by atoms with Gasteiger partial charge in [0.15, 0.2) is 12.7 Å². The van der Waals surface area contributed by atoms with Crippen molar-refractivity contribution in [1.82, 2.24) is 10.6 Å². The number of benzene rings is 1. The van der Waals surface area contributed by atoms with Gasteiger partial charge in [0.2, 0.25) is 5.91 Å². The summed E-state index contributed by atoms with van der Waals surface area (Å²) >= 11 is 0. The van der Waals surface area contributed by atoms with E-state index in [1.807, 2.05) is 0 Å². The minimum atomic E-state index is -1.12. The molecule has 27 heavy (non-hydrogen) atoms. The number of anilines is 1. The standard InChI is InChI=1S/C18H21N3O6/c1-10(17(24)21-18(25)19-12-3-4-12)27-16(23)9-26-13-5-6-14-11(8-13)2-7-15(22)20-14/h5-6,8,10,12H,2-4,7,9H2,1H3,(H,20,22)(H2,19,21,24,25)/t10-/m1/s1. The lowest BCUT2D eigenvalue weighted by atomic mass is 10.0. The first-order valence-corrected chi connectivity index (χ1v) is 8.77. The molecule has 1 atom stereocenters. The Kier molecular flexibility index (Phi) is 5.58. The first-order chi connectivity index (χ1) is 12.9. The largest absolute Gasteiger partial charge is 0.482 e. The average molecular weight is 375 g/mol. The van der Waals surface area contributed by atoms with Crippen LogP contribution in [0.15, 0.2) is 18.2 Å². The molecule has 1 saturated carbocycles. The molecule has 2 aliphatic rings.